The van der Waals surface area contributed by atoms with Crippen LogP contribution < -0.4 is 0 Å². The normalized spacial score (nSPS) is 37.4. The second kappa shape index (κ2) is 4.84. The fourth-order valence-corrected chi connectivity index (χ4v) is 3.75. The largest absolute Gasteiger partial charge is 0.480 e. The van der Waals surface area contributed by atoms with Crippen LogP contribution in [0.3, 0.4) is 0 Å². The first-order valence-electron chi connectivity index (χ1n) is 7.35. The molecule has 0 aromatic heterocycles. The van der Waals surface area contributed by atoms with Gasteiger partial charge in [-0.25, -0.2) is 0 Å². The van der Waals surface area contributed by atoms with Crippen molar-refractivity contribution in [3.63, 3.8) is 0 Å². The van der Waals surface area contributed by atoms with Crippen LogP contribution in [-0.4, -0.2) is 34.1 Å². The molecule has 2 rings (SSSR count). The molecule has 0 spiro atoms. The molecule has 104 valence electrons. The van der Waals surface area contributed by atoms with Crippen LogP contribution in [0.1, 0.15) is 65.7 Å². The van der Waals surface area contributed by atoms with Gasteiger partial charge in [0.15, 0.2) is 0 Å². The highest BCUT2D eigenvalue weighted by Crippen LogP contribution is 2.40. The summed E-state index contributed by atoms with van der Waals surface area (Å²) in [7, 11) is 0. The van der Waals surface area contributed by atoms with Crippen LogP contribution in [0.25, 0.3) is 0 Å². The average molecular weight is 253 g/mol. The molecule has 0 aromatic rings. The number of hydrogen-bond acceptors (Lipinski definition) is 2. The minimum Gasteiger partial charge on any atom is -0.480 e. The maximum Gasteiger partial charge on any atom is 0.323 e. The molecule has 1 N–H and O–H groups in total. The van der Waals surface area contributed by atoms with Crippen LogP contribution in [0.15, 0.2) is 0 Å². The molecule has 18 heavy (non-hydrogen) atoms. The Morgan fingerprint density at radius 1 is 1.11 bits per heavy atom. The van der Waals surface area contributed by atoms with Crippen LogP contribution in [-0.2, 0) is 4.79 Å². The summed E-state index contributed by atoms with van der Waals surface area (Å²) < 4.78 is 0. The minimum atomic E-state index is -0.636. The first-order chi connectivity index (χ1) is 8.35. The fourth-order valence-electron chi connectivity index (χ4n) is 3.75. The fraction of sp³-hybridized carbons (Fsp3) is 0.933. The van der Waals surface area contributed by atoms with Gasteiger partial charge >= 0.3 is 5.97 Å². The summed E-state index contributed by atoms with van der Waals surface area (Å²) in [6.45, 7) is 7.57. The first kappa shape index (κ1) is 13.9. The Bertz CT molecular complexity index is 326. The molecule has 0 amide bonds. The second-order valence-electron chi connectivity index (χ2n) is 7.12. The van der Waals surface area contributed by atoms with Crippen molar-refractivity contribution in [2.24, 2.45) is 5.41 Å². The summed E-state index contributed by atoms with van der Waals surface area (Å²) in [5, 5.41) is 9.50. The van der Waals surface area contributed by atoms with Crippen LogP contribution in [0.5, 0.6) is 0 Å². The molecule has 0 radical (unpaired) electrons. The molecule has 0 bridgehead atoms. The van der Waals surface area contributed by atoms with E-state index in [0.717, 1.165) is 25.8 Å². The van der Waals surface area contributed by atoms with E-state index in [1.165, 1.54) is 25.7 Å². The highest BCUT2D eigenvalue weighted by molar-refractivity contribution is 5.78. The molecule has 1 saturated heterocycles. The van der Waals surface area contributed by atoms with E-state index in [1.807, 2.05) is 6.92 Å². The van der Waals surface area contributed by atoms with E-state index >= 15 is 0 Å². The number of carboxylic acid groups (broad SMARTS) is 1. The third kappa shape index (κ3) is 2.56. The number of rotatable bonds is 2. The third-order valence-corrected chi connectivity index (χ3v) is 5.14. The van der Waals surface area contributed by atoms with Gasteiger partial charge in [0.25, 0.3) is 0 Å². The SMILES string of the molecule is CC1(C)CCCC(N2CCCC2(C)C(=O)O)CC1. The molecule has 2 unspecified atom stereocenters. The molecule has 1 aliphatic carbocycles. The molecule has 3 heteroatoms. The molecule has 1 heterocycles. The van der Waals surface area contributed by atoms with Crippen molar-refractivity contribution in [2.75, 3.05) is 6.54 Å². The van der Waals surface area contributed by atoms with Crippen LogP contribution in [0, 0.1) is 5.41 Å². The van der Waals surface area contributed by atoms with Crippen LogP contribution >= 0.6 is 0 Å². The molecule has 1 aliphatic heterocycles. The Labute approximate surface area is 111 Å². The number of carbonyl (C=O) groups is 1. The maximum atomic E-state index is 11.5. The Morgan fingerprint density at radius 3 is 2.50 bits per heavy atom. The third-order valence-electron chi connectivity index (χ3n) is 5.14. The summed E-state index contributed by atoms with van der Waals surface area (Å²) >= 11 is 0. The number of hydrogen-bond donors (Lipinski definition) is 1. The average Bonchev–Trinajstić information content (AvgIpc) is 2.58. The quantitative estimate of drug-likeness (QED) is 0.768. The lowest BCUT2D eigenvalue weighted by Gasteiger charge is -2.37. The molecule has 2 aliphatic rings. The van der Waals surface area contributed by atoms with E-state index in [1.54, 1.807) is 0 Å². The summed E-state index contributed by atoms with van der Waals surface area (Å²) in [4.78, 5) is 13.8. The van der Waals surface area contributed by atoms with E-state index in [4.69, 9.17) is 0 Å². The number of aliphatic carboxylic acids is 1. The van der Waals surface area contributed by atoms with Gasteiger partial charge in [0.05, 0.1) is 0 Å². The van der Waals surface area contributed by atoms with Crippen molar-refractivity contribution in [1.29, 1.82) is 0 Å². The summed E-state index contributed by atoms with van der Waals surface area (Å²) in [5.74, 6) is -0.636. The Morgan fingerprint density at radius 2 is 1.83 bits per heavy atom. The van der Waals surface area contributed by atoms with E-state index in [-0.39, 0.29) is 0 Å². The predicted molar refractivity (Wildman–Crippen MR) is 72.6 cm³/mol. The summed E-state index contributed by atoms with van der Waals surface area (Å²) in [6.07, 6.45) is 7.92. The van der Waals surface area contributed by atoms with E-state index in [2.05, 4.69) is 18.7 Å². The summed E-state index contributed by atoms with van der Waals surface area (Å²) in [6, 6.07) is 0.482. The van der Waals surface area contributed by atoms with Gasteiger partial charge in [0, 0.05) is 6.04 Å². The number of likely N-dealkylation sites (tertiary alicyclic amines) is 1. The molecule has 0 aromatic carbocycles. The van der Waals surface area contributed by atoms with Crippen molar-refractivity contribution >= 4 is 5.97 Å². The van der Waals surface area contributed by atoms with Crippen molar-refractivity contribution in [3.8, 4) is 0 Å². The smallest absolute Gasteiger partial charge is 0.323 e. The lowest BCUT2D eigenvalue weighted by molar-refractivity contribution is -0.150. The van der Waals surface area contributed by atoms with Crippen LogP contribution in [0.2, 0.25) is 0 Å². The molecular formula is C15H27NO2. The second-order valence-corrected chi connectivity index (χ2v) is 7.12. The minimum absolute atomic E-state index is 0.439. The number of nitrogens with zero attached hydrogens (tertiary/aromatic N) is 1. The lowest BCUT2D eigenvalue weighted by atomic mass is 9.85. The molecule has 2 fully saturated rings. The standard InChI is InChI=1S/C15H27NO2/c1-14(2)8-4-6-12(7-10-14)16-11-5-9-15(16,3)13(17)18/h12H,4-11H2,1-3H3,(H,17,18). The Balaban J connectivity index is 2.09. The molecular weight excluding hydrogens is 226 g/mol. The highest BCUT2D eigenvalue weighted by atomic mass is 16.4. The Kier molecular flexibility index (Phi) is 3.72. The predicted octanol–water partition coefficient (Wildman–Crippen LogP) is 3.28. The van der Waals surface area contributed by atoms with Gasteiger partial charge in [-0.05, 0) is 57.4 Å². The van der Waals surface area contributed by atoms with Crippen molar-refractivity contribution in [2.45, 2.75) is 77.3 Å². The van der Waals surface area contributed by atoms with Gasteiger partial charge in [-0.15, -0.1) is 0 Å². The van der Waals surface area contributed by atoms with Gasteiger partial charge in [-0.3, -0.25) is 9.69 Å². The molecule has 1 saturated carbocycles. The van der Waals surface area contributed by atoms with Crippen molar-refractivity contribution < 1.29 is 9.90 Å². The van der Waals surface area contributed by atoms with Gasteiger partial charge in [-0.1, -0.05) is 20.3 Å². The van der Waals surface area contributed by atoms with E-state index in [9.17, 15) is 9.90 Å². The van der Waals surface area contributed by atoms with Crippen molar-refractivity contribution in [1.82, 2.24) is 4.90 Å². The zero-order valence-corrected chi connectivity index (χ0v) is 12.0. The highest BCUT2D eigenvalue weighted by Gasteiger charge is 2.46. The first-order valence-corrected chi connectivity index (χ1v) is 7.35. The van der Waals surface area contributed by atoms with Gasteiger partial charge < -0.3 is 5.11 Å². The monoisotopic (exact) mass is 253 g/mol. The van der Waals surface area contributed by atoms with Crippen LogP contribution in [0.4, 0.5) is 0 Å². The van der Waals surface area contributed by atoms with Gasteiger partial charge in [0.1, 0.15) is 5.54 Å². The topological polar surface area (TPSA) is 40.5 Å². The van der Waals surface area contributed by atoms with Gasteiger partial charge in [0.2, 0.25) is 0 Å². The molecule has 3 nitrogen and oxygen atoms in total. The van der Waals surface area contributed by atoms with Gasteiger partial charge in [-0.2, -0.15) is 0 Å². The molecule has 2 atom stereocenters. The van der Waals surface area contributed by atoms with E-state index < -0.39 is 11.5 Å². The lowest BCUT2D eigenvalue weighted by Crippen LogP contribution is -2.52. The Hall–Kier alpha value is -0.570. The summed E-state index contributed by atoms with van der Waals surface area (Å²) in [5.41, 5.74) is -0.173. The van der Waals surface area contributed by atoms with E-state index in [0.29, 0.717) is 11.5 Å². The van der Waals surface area contributed by atoms with Crippen molar-refractivity contribution in [3.05, 3.63) is 0 Å². The number of carboxylic acids is 1. The zero-order chi connectivity index (χ0) is 13.4. The zero-order valence-electron chi connectivity index (χ0n) is 12.0. The maximum absolute atomic E-state index is 11.5.